The summed E-state index contributed by atoms with van der Waals surface area (Å²) in [6.45, 7) is 15.0. The van der Waals surface area contributed by atoms with Crippen molar-refractivity contribution >= 4 is 34.1 Å². The minimum Gasteiger partial charge on any atom is -0.507 e. The first-order valence-corrected chi connectivity index (χ1v) is 18.6. The molecule has 14 nitrogen and oxygen atoms in total. The molecule has 0 spiro atoms. The van der Waals surface area contributed by atoms with Crippen LogP contribution in [0.3, 0.4) is 0 Å². The molecule has 2 aromatic carbocycles. The Labute approximate surface area is 321 Å². The van der Waals surface area contributed by atoms with Gasteiger partial charge in [0.25, 0.3) is 11.7 Å². The monoisotopic (exact) mass is 768 g/mol. The predicted molar refractivity (Wildman–Crippen MR) is 206 cm³/mol. The van der Waals surface area contributed by atoms with Gasteiger partial charge in [0.05, 0.1) is 41.2 Å². The van der Waals surface area contributed by atoms with Crippen LogP contribution in [0.5, 0.6) is 23.0 Å². The Hall–Kier alpha value is -4.63. The van der Waals surface area contributed by atoms with Crippen LogP contribution in [-0.4, -0.2) is 87.0 Å². The fraction of sp³-hybridized carbons (Fsp3) is 0.537. The summed E-state index contributed by atoms with van der Waals surface area (Å²) in [6.07, 6.45) is 4.40. The highest BCUT2D eigenvalue weighted by Gasteiger charge is 2.50. The van der Waals surface area contributed by atoms with Crippen molar-refractivity contribution in [1.29, 1.82) is 0 Å². The molecule has 302 valence electrons. The molecule has 3 heterocycles. The van der Waals surface area contributed by atoms with Crippen LogP contribution >= 0.6 is 0 Å². The molecular formula is C41H56N2O12. The van der Waals surface area contributed by atoms with E-state index in [1.807, 2.05) is 6.92 Å². The van der Waals surface area contributed by atoms with Gasteiger partial charge in [-0.15, -0.1) is 0 Å². The van der Waals surface area contributed by atoms with E-state index in [2.05, 4.69) is 10.6 Å². The predicted octanol–water partition coefficient (Wildman–Crippen LogP) is 5.25. The minimum atomic E-state index is -2.01. The number of carbonyl (C=O) groups excluding carboxylic acids is 3. The number of aromatic hydroxyl groups is 3. The van der Waals surface area contributed by atoms with Gasteiger partial charge in [0.2, 0.25) is 0 Å². The number of aliphatic hydroxyl groups is 2. The van der Waals surface area contributed by atoms with Gasteiger partial charge in [-0.05, 0) is 32.9 Å². The average molecular weight is 769 g/mol. The van der Waals surface area contributed by atoms with Crippen molar-refractivity contribution in [2.24, 2.45) is 23.7 Å². The van der Waals surface area contributed by atoms with Crippen LogP contribution in [0.25, 0.3) is 10.8 Å². The molecule has 0 saturated heterocycles. The number of rotatable bonds is 6. The Morgan fingerprint density at radius 1 is 0.964 bits per heavy atom. The molecule has 9 atom stereocenters. The lowest BCUT2D eigenvalue weighted by molar-refractivity contribution is -0.160. The molecule has 0 radical (unpaired) electrons. The standard InChI is InChI=1S/C41H56N2O12/c1-11-16-42-18-26-31-36(49)29-28(35(26)48)30-38(24(7)34(29)47)55-41(9,39(30)50)53-17-15-27(52-10)21(4)37(54-25(8)44)23(6)33(46)22(5)32(45)19(2)13-12-14-20(3)40(51)43-31/h12-15,17,19,21-23,27,32-33,37,42,45-49H,11,16,18H2,1-10H3,(H,43,51)/b13-12+,17-15+,20-14-/t19-,21-,22-,23-,27+,32-,33+,37-,41+/m1/s1. The number of methoxy groups -OCH3 is 1. The number of aliphatic hydroxyl groups excluding tert-OH is 2. The molecule has 55 heavy (non-hydrogen) atoms. The van der Waals surface area contributed by atoms with Crippen molar-refractivity contribution in [2.45, 2.75) is 105 Å². The first kappa shape index (κ1) is 43.1. The van der Waals surface area contributed by atoms with Gasteiger partial charge in [-0.3, -0.25) is 14.4 Å². The summed E-state index contributed by atoms with van der Waals surface area (Å²) in [5, 5.41) is 63.2. The lowest BCUT2D eigenvalue weighted by Crippen LogP contribution is -2.46. The van der Waals surface area contributed by atoms with Crippen molar-refractivity contribution in [1.82, 2.24) is 5.32 Å². The van der Waals surface area contributed by atoms with Gasteiger partial charge in [-0.25, -0.2) is 0 Å². The lowest BCUT2D eigenvalue weighted by atomic mass is 9.78. The lowest BCUT2D eigenvalue weighted by Gasteiger charge is -2.38. The number of carbonyl (C=O) groups is 3. The Morgan fingerprint density at radius 3 is 2.25 bits per heavy atom. The zero-order chi connectivity index (χ0) is 41.1. The number of phenolic OH excluding ortho intramolecular Hbond substituents is 3. The Bertz CT molecular complexity index is 1890. The maximum atomic E-state index is 14.3. The molecule has 3 aliphatic rings. The number of nitrogens with one attached hydrogen (secondary N) is 2. The summed E-state index contributed by atoms with van der Waals surface area (Å²) in [4.78, 5) is 40.1. The number of ketones is 1. The van der Waals surface area contributed by atoms with Crippen LogP contribution in [0.15, 0.2) is 36.1 Å². The Kier molecular flexibility index (Phi) is 13.7. The summed E-state index contributed by atoms with van der Waals surface area (Å²) in [5.41, 5.74) is 0.0354. The smallest absolute Gasteiger partial charge is 0.312 e. The largest absolute Gasteiger partial charge is 0.507 e. The second-order valence-electron chi connectivity index (χ2n) is 14.9. The van der Waals surface area contributed by atoms with E-state index in [1.54, 1.807) is 39.8 Å². The van der Waals surface area contributed by atoms with Gasteiger partial charge in [0.1, 0.15) is 23.4 Å². The van der Waals surface area contributed by atoms with Crippen molar-refractivity contribution in [2.75, 3.05) is 19.0 Å². The zero-order valence-corrected chi connectivity index (χ0v) is 33.2. The van der Waals surface area contributed by atoms with Gasteiger partial charge >= 0.3 is 11.8 Å². The number of phenols is 3. The highest BCUT2D eigenvalue weighted by atomic mass is 16.7. The summed E-state index contributed by atoms with van der Waals surface area (Å²) >= 11 is 0. The van der Waals surface area contributed by atoms with Crippen molar-refractivity contribution in [3.05, 3.63) is 52.8 Å². The third kappa shape index (κ3) is 8.47. The average Bonchev–Trinajstić information content (AvgIpc) is 3.41. The molecule has 0 fully saturated rings. The maximum absolute atomic E-state index is 14.3. The molecule has 0 aliphatic carbocycles. The van der Waals surface area contributed by atoms with E-state index in [4.69, 9.17) is 18.9 Å². The zero-order valence-electron chi connectivity index (χ0n) is 33.2. The van der Waals surface area contributed by atoms with Crippen LogP contribution in [-0.2, 0) is 30.3 Å². The third-order valence-electron chi connectivity index (χ3n) is 10.8. The van der Waals surface area contributed by atoms with Crippen LogP contribution in [0.1, 0.15) is 83.3 Å². The van der Waals surface area contributed by atoms with Gasteiger partial charge < -0.3 is 55.1 Å². The summed E-state index contributed by atoms with van der Waals surface area (Å²) < 4.78 is 23.5. The van der Waals surface area contributed by atoms with Gasteiger partial charge in [-0.1, -0.05) is 52.8 Å². The van der Waals surface area contributed by atoms with Crippen molar-refractivity contribution < 1.29 is 58.9 Å². The number of hydrogen-bond donors (Lipinski definition) is 7. The quantitative estimate of drug-likeness (QED) is 0.0867. The molecule has 0 saturated carbocycles. The molecule has 0 aromatic heterocycles. The second-order valence-corrected chi connectivity index (χ2v) is 14.9. The Balaban J connectivity index is 1.95. The topological polar surface area (TPSA) is 213 Å². The SMILES string of the molecule is CCCNCc1c2c(O)c3c(O)c(C)c4c(c3c1O)C(=O)[C@@](C)(O/C=C/[C@H](OC)[C@@H](C)[C@@H](OC(C)=O)[C@H](C)[C@@H](O)[C@H](C)[C@H](O)[C@H](C)/C=C/C=C(/C)C(=O)N2)O4. The first-order chi connectivity index (χ1) is 25.8. The number of fused-ring (bicyclic) bond motifs is 14. The minimum absolute atomic E-state index is 0.0284. The molecule has 1 amide bonds. The van der Waals surface area contributed by atoms with E-state index in [-0.39, 0.29) is 51.0 Å². The molecule has 5 bridgehead atoms. The Morgan fingerprint density at radius 2 is 1.64 bits per heavy atom. The van der Waals surface area contributed by atoms with Gasteiger partial charge in [0.15, 0.2) is 5.75 Å². The number of amides is 1. The molecule has 14 heteroatoms. The summed E-state index contributed by atoms with van der Waals surface area (Å²) in [6, 6.07) is 0. The molecule has 0 unspecified atom stereocenters. The van der Waals surface area contributed by atoms with E-state index in [0.717, 1.165) is 6.42 Å². The highest BCUT2D eigenvalue weighted by Crippen LogP contribution is 2.55. The highest BCUT2D eigenvalue weighted by molar-refractivity contribution is 6.22. The van der Waals surface area contributed by atoms with E-state index in [9.17, 15) is 39.9 Å². The van der Waals surface area contributed by atoms with Gasteiger partial charge in [-0.2, -0.15) is 0 Å². The number of esters is 1. The normalized spacial score (nSPS) is 31.3. The van der Waals surface area contributed by atoms with Crippen LogP contribution in [0.4, 0.5) is 5.69 Å². The molecule has 2 aromatic rings. The molecular weight excluding hydrogens is 712 g/mol. The molecule has 5 rings (SSSR count). The van der Waals surface area contributed by atoms with Crippen LogP contribution < -0.4 is 15.4 Å². The van der Waals surface area contributed by atoms with Crippen LogP contribution in [0.2, 0.25) is 0 Å². The van der Waals surface area contributed by atoms with Crippen molar-refractivity contribution in [3.8, 4) is 23.0 Å². The van der Waals surface area contributed by atoms with E-state index in [1.165, 1.54) is 53.2 Å². The summed E-state index contributed by atoms with van der Waals surface area (Å²) in [7, 11) is 1.44. The van der Waals surface area contributed by atoms with Crippen LogP contribution in [0, 0.1) is 30.6 Å². The third-order valence-corrected chi connectivity index (χ3v) is 10.8. The summed E-state index contributed by atoms with van der Waals surface area (Å²) in [5.74, 6) is -7.97. The fourth-order valence-corrected chi connectivity index (χ4v) is 7.35. The number of ether oxygens (including phenoxy) is 4. The fourth-order valence-electron chi connectivity index (χ4n) is 7.35. The second kappa shape index (κ2) is 17.4. The van der Waals surface area contributed by atoms with E-state index in [0.29, 0.717) is 6.54 Å². The number of benzene rings is 2. The number of hydrogen-bond acceptors (Lipinski definition) is 13. The van der Waals surface area contributed by atoms with E-state index >= 15 is 0 Å². The number of allylic oxidation sites excluding steroid dienone is 2. The number of anilines is 1. The van der Waals surface area contributed by atoms with E-state index < -0.39 is 88.8 Å². The molecule has 7 N–H and O–H groups in total. The first-order valence-electron chi connectivity index (χ1n) is 18.6. The van der Waals surface area contributed by atoms with Gasteiger partial charge in [0, 0.05) is 73.3 Å². The molecule has 3 aliphatic heterocycles. The maximum Gasteiger partial charge on any atom is 0.312 e. The van der Waals surface area contributed by atoms with Crippen molar-refractivity contribution in [3.63, 3.8) is 0 Å². The number of Topliss-reactive ketones (excluding diaryl/α,β-unsaturated/α-hetero) is 1.